The number of para-hydroxylation sites is 7. The molecule has 0 saturated heterocycles. The van der Waals surface area contributed by atoms with Crippen LogP contribution < -0.4 is 62.0 Å². The highest BCUT2D eigenvalue weighted by Crippen LogP contribution is 2.55. The lowest BCUT2D eigenvalue weighted by molar-refractivity contribution is 0.332. The number of hydrogen-bond donors (Lipinski definition) is 0. The fraction of sp³-hybridized carbons (Fsp3) is 0.186. The molecule has 2 aromatic heterocycles. The zero-order chi connectivity index (χ0) is 65.0. The number of rotatable bonds is 9. The van der Waals surface area contributed by atoms with Crippen LogP contribution in [0.4, 0.5) is 85.7 Å². The zero-order valence-electron chi connectivity index (χ0n) is 55.8. The summed E-state index contributed by atoms with van der Waals surface area (Å²) in [5, 5.41) is 0. The van der Waals surface area contributed by atoms with E-state index in [2.05, 4.69) is 341 Å². The van der Waals surface area contributed by atoms with Gasteiger partial charge in [0.05, 0.1) is 5.69 Å². The molecule has 18 rings (SSSR count). The van der Waals surface area contributed by atoms with Gasteiger partial charge >= 0.3 is 0 Å². The Hall–Kier alpha value is -10.6. The molecule has 466 valence electrons. The van der Waals surface area contributed by atoms with Crippen LogP contribution in [0.2, 0.25) is 0 Å². The molecule has 0 radical (unpaired) electrons. The van der Waals surface area contributed by atoms with Crippen molar-refractivity contribution in [2.75, 3.05) is 24.5 Å². The Kier molecular flexibility index (Phi) is 13.0. The normalized spacial score (nSPS) is 16.5. The minimum absolute atomic E-state index is 0.0300. The van der Waals surface area contributed by atoms with Crippen LogP contribution in [0.1, 0.15) is 103 Å². The minimum atomic E-state index is -0.268. The second-order valence-corrected chi connectivity index (χ2v) is 29.8. The summed E-state index contributed by atoms with van der Waals surface area (Å²) in [6.07, 6.45) is 4.43. The smallest absolute Gasteiger partial charge is 0.258 e. The average molecular weight is 1240 g/mol. The van der Waals surface area contributed by atoms with Crippen LogP contribution in [0, 0.1) is 0 Å². The highest BCUT2D eigenvalue weighted by molar-refractivity contribution is 7.02. The van der Waals surface area contributed by atoms with E-state index in [0.717, 1.165) is 122 Å². The first-order chi connectivity index (χ1) is 46.6. The standard InChI is InChI=1S/C86H75B2N7O/c1-83(2)45-46-84(3,4)64-49-62(43-44-63(64)83)94-71-51-66-65(85(5,6)47-48-86(66,7)8)50-68(71)88-70-52-69-72(53-73(70)95(61-39-25-14-26-40-61)81-79(88)74(94)54-77(89-81)91(56-29-15-9-16-30-56)57-31-17-10-18-32-57)93(60-37-23-13-24-38-60)75-55-78(90-82-80(75)87(69)67-41-27-28-42-76(67)96-82)92(58-33-19-11-20-34-58)59-35-21-12-22-36-59/h9-44,49-55H,45-48H2,1-8H3. The summed E-state index contributed by atoms with van der Waals surface area (Å²) >= 11 is 0. The average Bonchev–Trinajstić information content (AvgIpc) is 0.685. The summed E-state index contributed by atoms with van der Waals surface area (Å²) in [6, 6.07) is 96.0. The highest BCUT2D eigenvalue weighted by Gasteiger charge is 2.51. The molecule has 6 heterocycles. The van der Waals surface area contributed by atoms with Gasteiger partial charge in [0.15, 0.2) is 0 Å². The van der Waals surface area contributed by atoms with Crippen molar-refractivity contribution in [2.45, 2.75) is 103 Å². The van der Waals surface area contributed by atoms with E-state index in [0.29, 0.717) is 5.88 Å². The van der Waals surface area contributed by atoms with Crippen LogP contribution in [-0.2, 0) is 21.7 Å². The summed E-state index contributed by atoms with van der Waals surface area (Å²) in [6.45, 7) is 19.2. The van der Waals surface area contributed by atoms with Crippen molar-refractivity contribution in [1.29, 1.82) is 0 Å². The van der Waals surface area contributed by atoms with Gasteiger partial charge in [0.2, 0.25) is 5.88 Å². The number of aromatic nitrogens is 2. The van der Waals surface area contributed by atoms with E-state index in [-0.39, 0.29) is 35.1 Å². The molecule has 0 fully saturated rings. The quantitative estimate of drug-likeness (QED) is 0.133. The molecule has 96 heavy (non-hydrogen) atoms. The van der Waals surface area contributed by atoms with Gasteiger partial charge in [-0.3, -0.25) is 14.7 Å². The maximum Gasteiger partial charge on any atom is 0.258 e. The SMILES string of the molecule is CC1(C)CCC(C)(C)c2cc(N3c4cc5c(cc4B4c6cc7c(cc6N(c6ccccc6)c6nc(N(c8ccccc8)c8ccccc8)cc3c64)N(c3ccccc3)c3cc(N(c4ccccc4)c4ccccc4)nc4c3B7c3ccccc3O4)C(C)(C)CCC5(C)C)ccc21. The van der Waals surface area contributed by atoms with Crippen molar-refractivity contribution < 1.29 is 4.74 Å². The molecule has 0 N–H and O–H groups in total. The van der Waals surface area contributed by atoms with Crippen LogP contribution in [0.25, 0.3) is 0 Å². The van der Waals surface area contributed by atoms with Crippen molar-refractivity contribution in [2.24, 2.45) is 0 Å². The highest BCUT2D eigenvalue weighted by atomic mass is 16.5. The Morgan fingerprint density at radius 2 is 0.719 bits per heavy atom. The molecule has 6 aliphatic rings. The monoisotopic (exact) mass is 1240 g/mol. The van der Waals surface area contributed by atoms with Gasteiger partial charge in [-0.1, -0.05) is 201 Å². The molecule has 8 nitrogen and oxygen atoms in total. The largest absolute Gasteiger partial charge is 0.440 e. The summed E-state index contributed by atoms with van der Waals surface area (Å²) in [5.41, 5.74) is 25.3. The molecular formula is C86H75B2N7O. The van der Waals surface area contributed by atoms with Crippen molar-refractivity contribution in [1.82, 2.24) is 9.97 Å². The van der Waals surface area contributed by atoms with Crippen LogP contribution >= 0.6 is 0 Å². The van der Waals surface area contributed by atoms with Crippen molar-refractivity contribution in [3.63, 3.8) is 0 Å². The van der Waals surface area contributed by atoms with Crippen LogP contribution in [0.15, 0.2) is 261 Å². The molecule has 0 amide bonds. The summed E-state index contributed by atoms with van der Waals surface area (Å²) < 4.78 is 7.24. The maximum absolute atomic E-state index is 7.24. The molecule has 10 heteroatoms. The molecule has 2 aliphatic carbocycles. The number of nitrogens with zero attached hydrogens (tertiary/aromatic N) is 7. The van der Waals surface area contributed by atoms with Gasteiger partial charge in [-0.15, -0.1) is 0 Å². The molecule has 10 aromatic carbocycles. The van der Waals surface area contributed by atoms with Crippen molar-refractivity contribution in [3.8, 4) is 11.6 Å². The fourth-order valence-corrected chi connectivity index (χ4v) is 17.0. The number of benzene rings is 10. The van der Waals surface area contributed by atoms with Gasteiger partial charge < -0.3 is 14.5 Å². The third-order valence-corrected chi connectivity index (χ3v) is 22.2. The van der Waals surface area contributed by atoms with E-state index in [4.69, 9.17) is 14.7 Å². The Bertz CT molecular complexity index is 5000. The van der Waals surface area contributed by atoms with E-state index in [1.165, 1.54) is 49.8 Å². The Labute approximate surface area is 565 Å². The number of hydrogen-bond acceptors (Lipinski definition) is 8. The summed E-state index contributed by atoms with van der Waals surface area (Å²) in [4.78, 5) is 24.2. The second-order valence-electron chi connectivity index (χ2n) is 29.8. The lowest BCUT2D eigenvalue weighted by Crippen LogP contribution is -2.65. The lowest BCUT2D eigenvalue weighted by atomic mass is 9.30. The third kappa shape index (κ3) is 8.97. The predicted molar refractivity (Wildman–Crippen MR) is 402 cm³/mol. The van der Waals surface area contributed by atoms with Crippen molar-refractivity contribution >= 4 is 132 Å². The number of ether oxygens (including phenoxy) is 1. The zero-order valence-corrected chi connectivity index (χ0v) is 55.8. The number of pyridine rings is 2. The Morgan fingerprint density at radius 3 is 1.26 bits per heavy atom. The second kappa shape index (κ2) is 21.5. The van der Waals surface area contributed by atoms with Gasteiger partial charge in [0, 0.05) is 80.2 Å². The molecule has 12 aromatic rings. The molecule has 0 bridgehead atoms. The molecule has 4 aliphatic heterocycles. The van der Waals surface area contributed by atoms with Gasteiger partial charge in [0.1, 0.15) is 23.2 Å². The fourth-order valence-electron chi connectivity index (χ4n) is 17.0. The topological polar surface area (TPSA) is 51.2 Å². The molecular weight excluding hydrogens is 1170 g/mol. The molecule has 0 spiro atoms. The molecule has 0 saturated carbocycles. The summed E-state index contributed by atoms with van der Waals surface area (Å²) in [7, 11) is 0. The van der Waals surface area contributed by atoms with Gasteiger partial charge in [-0.05, 0) is 200 Å². The minimum Gasteiger partial charge on any atom is -0.440 e. The van der Waals surface area contributed by atoms with E-state index in [9.17, 15) is 0 Å². The van der Waals surface area contributed by atoms with Crippen LogP contribution in [0.3, 0.4) is 0 Å². The van der Waals surface area contributed by atoms with Crippen LogP contribution in [-0.4, -0.2) is 23.4 Å². The van der Waals surface area contributed by atoms with E-state index >= 15 is 0 Å². The Balaban J connectivity index is 0.978. The van der Waals surface area contributed by atoms with Crippen molar-refractivity contribution in [3.05, 3.63) is 283 Å². The third-order valence-electron chi connectivity index (χ3n) is 22.2. The molecule has 0 unspecified atom stereocenters. The predicted octanol–water partition coefficient (Wildman–Crippen LogP) is 18.6. The Morgan fingerprint density at radius 1 is 0.323 bits per heavy atom. The van der Waals surface area contributed by atoms with E-state index < -0.39 is 0 Å². The first-order valence-corrected chi connectivity index (χ1v) is 34.3. The summed E-state index contributed by atoms with van der Waals surface area (Å²) in [5.74, 6) is 3.86. The lowest BCUT2D eigenvalue weighted by Gasteiger charge is -2.48. The van der Waals surface area contributed by atoms with Gasteiger partial charge in [-0.25, -0.2) is 4.98 Å². The number of fused-ring (bicyclic) bond motifs is 10. The van der Waals surface area contributed by atoms with E-state index in [1.807, 2.05) is 0 Å². The van der Waals surface area contributed by atoms with Crippen LogP contribution in [0.5, 0.6) is 11.6 Å². The van der Waals surface area contributed by atoms with E-state index in [1.54, 1.807) is 0 Å². The van der Waals surface area contributed by atoms with Gasteiger partial charge in [-0.2, -0.15) is 4.98 Å². The maximum atomic E-state index is 7.24. The first-order valence-electron chi connectivity index (χ1n) is 34.3. The molecule has 0 atom stereocenters. The first kappa shape index (κ1) is 58.0. The van der Waals surface area contributed by atoms with Gasteiger partial charge in [0.25, 0.3) is 13.4 Å². The number of anilines is 15.